The largest absolute Gasteiger partial charge is 0.507 e. The van der Waals surface area contributed by atoms with Crippen molar-refractivity contribution in [2.24, 2.45) is 0 Å². The first kappa shape index (κ1) is 7.56. The third-order valence-corrected chi connectivity index (χ3v) is 1.80. The molecule has 1 N–H and O–H groups in total. The molecule has 0 aliphatic heterocycles. The summed E-state index contributed by atoms with van der Waals surface area (Å²) in [5.41, 5.74) is 0.204. The van der Waals surface area contributed by atoms with Gasteiger partial charge in [-0.1, -0.05) is 6.07 Å². The summed E-state index contributed by atoms with van der Waals surface area (Å²) in [5, 5.41) is 9.30. The van der Waals surface area contributed by atoms with Gasteiger partial charge in [-0.15, -0.1) is 0 Å². The van der Waals surface area contributed by atoms with Crippen molar-refractivity contribution < 1.29 is 14.7 Å². The Balaban J connectivity index is 2.80. The fraction of sp³-hybridized carbons (Fsp3) is 0. The third kappa shape index (κ3) is 1.00. The Kier molecular flexibility index (Phi) is 1.43. The van der Waals surface area contributed by atoms with Gasteiger partial charge in [-0.05, 0) is 24.0 Å². The second-order valence-electron chi connectivity index (χ2n) is 2.61. The molecule has 0 spiro atoms. The summed E-state index contributed by atoms with van der Waals surface area (Å²) in [5.74, 6) is 3.17. The average Bonchev–Trinajstić information content (AvgIpc) is 2.12. The molecule has 0 saturated carbocycles. The highest BCUT2D eigenvalue weighted by atomic mass is 16.3. The monoisotopic (exact) mass is 172 g/mol. The number of rotatable bonds is 0. The van der Waals surface area contributed by atoms with Crippen molar-refractivity contribution in [2.45, 2.75) is 0 Å². The Labute approximate surface area is 74.0 Å². The minimum absolute atomic E-state index is 0.0197. The van der Waals surface area contributed by atoms with Crippen LogP contribution < -0.4 is 0 Å². The topological polar surface area (TPSA) is 54.4 Å². The Bertz CT molecular complexity index is 475. The number of phenols is 1. The number of hydrogen-bond donors (Lipinski definition) is 1. The first-order valence-corrected chi connectivity index (χ1v) is 3.63. The van der Waals surface area contributed by atoms with Crippen LogP contribution >= 0.6 is 0 Å². The lowest BCUT2D eigenvalue weighted by molar-refractivity contribution is 0.101. The normalized spacial score (nSPS) is 13.2. The molecule has 1 aromatic rings. The van der Waals surface area contributed by atoms with E-state index in [0.29, 0.717) is 0 Å². The number of carbonyl (C=O) groups excluding carboxylic acids is 2. The molecule has 1 aliphatic rings. The molecule has 0 atom stereocenters. The first-order valence-electron chi connectivity index (χ1n) is 3.63. The molecule has 0 amide bonds. The number of aromatic hydroxyl groups is 1. The highest BCUT2D eigenvalue weighted by Gasteiger charge is 2.21. The Morgan fingerprint density at radius 3 is 2.46 bits per heavy atom. The van der Waals surface area contributed by atoms with Crippen LogP contribution in [0.2, 0.25) is 0 Å². The summed E-state index contributed by atoms with van der Waals surface area (Å²) in [6, 6.07) is 4.34. The van der Waals surface area contributed by atoms with Crippen LogP contribution in [0.5, 0.6) is 5.75 Å². The van der Waals surface area contributed by atoms with E-state index in [-0.39, 0.29) is 16.9 Å². The highest BCUT2D eigenvalue weighted by Crippen LogP contribution is 2.23. The van der Waals surface area contributed by atoms with E-state index in [1.807, 2.05) is 0 Å². The van der Waals surface area contributed by atoms with Gasteiger partial charge in [0.15, 0.2) is 0 Å². The van der Waals surface area contributed by atoms with E-state index in [1.54, 1.807) is 0 Å². The molecular weight excluding hydrogens is 168 g/mol. The van der Waals surface area contributed by atoms with Crippen molar-refractivity contribution in [2.75, 3.05) is 0 Å². The smallest absolute Gasteiger partial charge is 0.240 e. The highest BCUT2D eigenvalue weighted by molar-refractivity contribution is 6.27. The van der Waals surface area contributed by atoms with Crippen LogP contribution in [0.4, 0.5) is 0 Å². The molecule has 0 bridgehead atoms. The number of carbonyl (C=O) groups is 2. The molecule has 3 nitrogen and oxygen atoms in total. The first-order chi connectivity index (χ1) is 6.20. The Morgan fingerprint density at radius 1 is 1.08 bits per heavy atom. The predicted octanol–water partition coefficient (Wildman–Crippen LogP) is 0.775. The molecule has 1 aromatic carbocycles. The lowest BCUT2D eigenvalue weighted by Crippen LogP contribution is -2.11. The van der Waals surface area contributed by atoms with Crippen molar-refractivity contribution in [3.63, 3.8) is 0 Å². The van der Waals surface area contributed by atoms with Crippen LogP contribution in [-0.4, -0.2) is 16.7 Å². The summed E-state index contributed by atoms with van der Waals surface area (Å²) < 4.78 is 0. The number of hydrogen-bond acceptors (Lipinski definition) is 3. The average molecular weight is 172 g/mol. The zero-order chi connectivity index (χ0) is 9.42. The molecule has 0 saturated heterocycles. The van der Waals surface area contributed by atoms with E-state index in [0.717, 1.165) is 0 Å². The quantitative estimate of drug-likeness (QED) is 0.464. The summed E-state index contributed by atoms with van der Waals surface area (Å²) in [4.78, 5) is 22.3. The van der Waals surface area contributed by atoms with Crippen LogP contribution in [-0.2, 0) is 0 Å². The van der Waals surface area contributed by atoms with Crippen LogP contribution in [0, 0.1) is 11.8 Å². The van der Waals surface area contributed by atoms with Gasteiger partial charge in [-0.25, -0.2) is 0 Å². The number of Topliss-reactive ketones (excluding diaryl/α,β-unsaturated/α-hetero) is 2. The van der Waals surface area contributed by atoms with Gasteiger partial charge in [0.1, 0.15) is 5.75 Å². The molecule has 13 heavy (non-hydrogen) atoms. The summed E-state index contributed by atoms with van der Waals surface area (Å²) in [7, 11) is 0. The van der Waals surface area contributed by atoms with Crippen molar-refractivity contribution in [3.05, 3.63) is 29.3 Å². The lowest BCUT2D eigenvalue weighted by Gasteiger charge is -2.06. The fourth-order valence-electron chi connectivity index (χ4n) is 1.21. The lowest BCUT2D eigenvalue weighted by atomic mass is 9.96. The molecule has 0 heterocycles. The SMILES string of the molecule is O=C1C#CC(=O)c2c(O)cccc21. The molecule has 3 heteroatoms. The Hall–Kier alpha value is -2.08. The van der Waals surface area contributed by atoms with Gasteiger partial charge < -0.3 is 5.11 Å². The zero-order valence-corrected chi connectivity index (χ0v) is 6.50. The van der Waals surface area contributed by atoms with Crippen molar-refractivity contribution in [3.8, 4) is 17.6 Å². The van der Waals surface area contributed by atoms with Crippen LogP contribution in [0.1, 0.15) is 20.7 Å². The minimum Gasteiger partial charge on any atom is -0.507 e. The summed E-state index contributed by atoms with van der Waals surface area (Å²) >= 11 is 0. The van der Waals surface area contributed by atoms with Gasteiger partial charge in [-0.3, -0.25) is 9.59 Å². The molecule has 0 fully saturated rings. The molecule has 0 aromatic heterocycles. The number of fused-ring (bicyclic) bond motifs is 1. The molecule has 2 rings (SSSR count). The molecule has 0 unspecified atom stereocenters. The van der Waals surface area contributed by atoms with Crippen molar-refractivity contribution >= 4 is 11.6 Å². The maximum atomic E-state index is 11.2. The van der Waals surface area contributed by atoms with E-state index in [2.05, 4.69) is 11.8 Å². The molecular formula is C10H4O3. The van der Waals surface area contributed by atoms with Gasteiger partial charge in [0.05, 0.1) is 5.56 Å². The van der Waals surface area contributed by atoms with Crippen LogP contribution in [0.15, 0.2) is 18.2 Å². The molecule has 62 valence electrons. The predicted molar refractivity (Wildman–Crippen MR) is 44.5 cm³/mol. The minimum atomic E-state index is -0.507. The molecule has 1 aliphatic carbocycles. The zero-order valence-electron chi connectivity index (χ0n) is 6.50. The van der Waals surface area contributed by atoms with E-state index >= 15 is 0 Å². The van der Waals surface area contributed by atoms with E-state index in [9.17, 15) is 14.7 Å². The second-order valence-corrected chi connectivity index (χ2v) is 2.61. The van der Waals surface area contributed by atoms with Gasteiger partial charge in [0.2, 0.25) is 11.6 Å². The number of benzene rings is 1. The van der Waals surface area contributed by atoms with Crippen LogP contribution in [0.25, 0.3) is 0 Å². The van der Waals surface area contributed by atoms with Gasteiger partial charge >= 0.3 is 0 Å². The van der Waals surface area contributed by atoms with Gasteiger partial charge in [-0.2, -0.15) is 0 Å². The summed E-state index contributed by atoms with van der Waals surface area (Å²) in [6.45, 7) is 0. The Morgan fingerprint density at radius 2 is 1.77 bits per heavy atom. The summed E-state index contributed by atoms with van der Waals surface area (Å²) in [6.07, 6.45) is 0. The second kappa shape index (κ2) is 2.46. The van der Waals surface area contributed by atoms with E-state index in [4.69, 9.17) is 0 Å². The van der Waals surface area contributed by atoms with E-state index < -0.39 is 11.6 Å². The maximum Gasteiger partial charge on any atom is 0.240 e. The van der Waals surface area contributed by atoms with Crippen molar-refractivity contribution in [1.82, 2.24) is 0 Å². The van der Waals surface area contributed by atoms with Gasteiger partial charge in [0.25, 0.3) is 0 Å². The van der Waals surface area contributed by atoms with Crippen LogP contribution in [0.3, 0.4) is 0 Å². The van der Waals surface area contributed by atoms with E-state index in [1.165, 1.54) is 18.2 Å². The third-order valence-electron chi connectivity index (χ3n) is 1.80. The fourth-order valence-corrected chi connectivity index (χ4v) is 1.21. The molecule has 0 radical (unpaired) electrons. The van der Waals surface area contributed by atoms with Gasteiger partial charge in [0, 0.05) is 5.56 Å². The number of ketones is 2. The number of phenolic OH excluding ortho intramolecular Hbond substituents is 1. The maximum absolute atomic E-state index is 11.2. The van der Waals surface area contributed by atoms with Crippen molar-refractivity contribution in [1.29, 1.82) is 0 Å². The standard InChI is InChI=1S/C10H4O3/c11-7-4-5-9(13)10-6(7)2-1-3-8(10)12/h1-3,12H.